The Balaban J connectivity index is 2.27. The van der Waals surface area contributed by atoms with Gasteiger partial charge in [-0.3, -0.25) is 0 Å². The quantitative estimate of drug-likeness (QED) is 0.884. The van der Waals surface area contributed by atoms with Gasteiger partial charge in [0.05, 0.1) is 18.2 Å². The minimum atomic E-state index is -0.774. The number of nitrogens with zero attached hydrogens (tertiary/aromatic N) is 1. The first-order chi connectivity index (χ1) is 9.00. The zero-order valence-corrected chi connectivity index (χ0v) is 10.7. The lowest BCUT2D eigenvalue weighted by Gasteiger charge is -2.31. The molecule has 1 aliphatic rings. The highest BCUT2D eigenvalue weighted by Gasteiger charge is 2.38. The molecule has 102 valence electrons. The van der Waals surface area contributed by atoms with E-state index in [1.165, 1.54) is 0 Å². The van der Waals surface area contributed by atoms with Crippen LogP contribution in [0.2, 0.25) is 0 Å². The number of rotatable bonds is 3. The van der Waals surface area contributed by atoms with E-state index in [0.717, 1.165) is 31.4 Å². The normalized spacial score (nSPS) is 26.2. The van der Waals surface area contributed by atoms with Crippen molar-refractivity contribution in [1.29, 1.82) is 5.26 Å². The highest BCUT2D eigenvalue weighted by Crippen LogP contribution is 2.39. The first-order valence-corrected chi connectivity index (χ1v) is 6.27. The fourth-order valence-corrected chi connectivity index (χ4v) is 2.62. The summed E-state index contributed by atoms with van der Waals surface area (Å²) in [4.78, 5) is 0. The number of aliphatic hydroxyl groups excluding tert-OH is 1. The van der Waals surface area contributed by atoms with Crippen LogP contribution in [0.25, 0.3) is 0 Å². The van der Waals surface area contributed by atoms with Crippen molar-refractivity contribution in [1.82, 2.24) is 0 Å². The number of hydrogen-bond donors (Lipinski definition) is 2. The fourth-order valence-electron chi connectivity index (χ4n) is 2.62. The summed E-state index contributed by atoms with van der Waals surface area (Å²) < 4.78 is 27.6. The molecule has 0 radical (unpaired) electrons. The van der Waals surface area contributed by atoms with E-state index < -0.39 is 11.6 Å². The molecule has 2 N–H and O–H groups in total. The number of nitrogens with one attached hydrogen (secondary N) is 1. The van der Waals surface area contributed by atoms with Crippen molar-refractivity contribution < 1.29 is 13.9 Å². The van der Waals surface area contributed by atoms with E-state index in [-0.39, 0.29) is 29.3 Å². The number of anilines is 1. The zero-order chi connectivity index (χ0) is 14.0. The van der Waals surface area contributed by atoms with Gasteiger partial charge in [0.1, 0.15) is 5.69 Å². The Bertz CT molecular complexity index is 504. The summed E-state index contributed by atoms with van der Waals surface area (Å²) in [5, 5.41) is 20.9. The van der Waals surface area contributed by atoms with Crippen LogP contribution < -0.4 is 5.32 Å². The predicted molar refractivity (Wildman–Crippen MR) is 67.5 cm³/mol. The topological polar surface area (TPSA) is 56.0 Å². The van der Waals surface area contributed by atoms with Crippen molar-refractivity contribution in [3.63, 3.8) is 0 Å². The van der Waals surface area contributed by atoms with Gasteiger partial charge in [-0.25, -0.2) is 8.78 Å². The van der Waals surface area contributed by atoms with Gasteiger partial charge >= 0.3 is 0 Å². The number of nitriles is 1. The summed E-state index contributed by atoms with van der Waals surface area (Å²) in [5.41, 5.74) is -0.630. The third kappa shape index (κ3) is 2.54. The van der Waals surface area contributed by atoms with E-state index in [2.05, 4.69) is 5.32 Å². The Labute approximate surface area is 110 Å². The fraction of sp³-hybridized carbons (Fsp3) is 0.500. The minimum absolute atomic E-state index is 0.0236. The largest absolute Gasteiger partial charge is 0.396 e. The molecule has 1 aromatic carbocycles. The van der Waals surface area contributed by atoms with E-state index in [9.17, 15) is 13.9 Å². The molecule has 2 atom stereocenters. The van der Waals surface area contributed by atoms with Crippen LogP contribution in [0.15, 0.2) is 12.1 Å². The summed E-state index contributed by atoms with van der Waals surface area (Å²) in [6.45, 7) is 1.88. The standard InChI is InChI=1S/C14H16F2N2O/c1-14(8-19)4-2-3-12(14)18-13-10(15)5-9(7-17)6-11(13)16/h5-6,12,18-19H,2-4,8H2,1H3. The Hall–Kier alpha value is -1.67. The second-order valence-corrected chi connectivity index (χ2v) is 5.33. The SMILES string of the molecule is CC1(CO)CCCC1Nc1c(F)cc(C#N)cc1F. The monoisotopic (exact) mass is 266 g/mol. The van der Waals surface area contributed by atoms with Crippen molar-refractivity contribution in [2.24, 2.45) is 5.41 Å². The van der Waals surface area contributed by atoms with Crippen LogP contribution in [0.5, 0.6) is 0 Å². The lowest BCUT2D eigenvalue weighted by molar-refractivity contribution is 0.138. The smallest absolute Gasteiger partial charge is 0.150 e. The number of aliphatic hydroxyl groups is 1. The Morgan fingerprint density at radius 1 is 1.47 bits per heavy atom. The Morgan fingerprint density at radius 3 is 2.63 bits per heavy atom. The van der Waals surface area contributed by atoms with Gasteiger partial charge in [-0.15, -0.1) is 0 Å². The van der Waals surface area contributed by atoms with E-state index in [4.69, 9.17) is 5.26 Å². The van der Waals surface area contributed by atoms with Gasteiger partial charge in [0, 0.05) is 11.5 Å². The molecule has 0 heterocycles. The molecule has 0 bridgehead atoms. The molecule has 1 aliphatic carbocycles. The average Bonchev–Trinajstić information content (AvgIpc) is 2.75. The van der Waals surface area contributed by atoms with Gasteiger partial charge in [-0.1, -0.05) is 13.3 Å². The van der Waals surface area contributed by atoms with Crippen molar-refractivity contribution in [2.75, 3.05) is 11.9 Å². The van der Waals surface area contributed by atoms with Gasteiger partial charge in [0.25, 0.3) is 0 Å². The van der Waals surface area contributed by atoms with Crippen LogP contribution in [0, 0.1) is 28.4 Å². The molecular weight excluding hydrogens is 250 g/mol. The molecule has 1 aromatic rings. The van der Waals surface area contributed by atoms with Gasteiger partial charge in [0.2, 0.25) is 0 Å². The lowest BCUT2D eigenvalue weighted by atomic mass is 9.85. The van der Waals surface area contributed by atoms with Gasteiger partial charge in [-0.2, -0.15) is 5.26 Å². The molecule has 3 nitrogen and oxygen atoms in total. The zero-order valence-electron chi connectivity index (χ0n) is 10.7. The first kappa shape index (κ1) is 13.8. The van der Waals surface area contributed by atoms with Crippen molar-refractivity contribution in [3.05, 3.63) is 29.3 Å². The van der Waals surface area contributed by atoms with Crippen molar-refractivity contribution in [2.45, 2.75) is 32.2 Å². The first-order valence-electron chi connectivity index (χ1n) is 6.27. The maximum Gasteiger partial charge on any atom is 0.150 e. The van der Waals surface area contributed by atoms with Crippen LogP contribution in [0.3, 0.4) is 0 Å². The highest BCUT2D eigenvalue weighted by atomic mass is 19.1. The maximum absolute atomic E-state index is 13.8. The summed E-state index contributed by atoms with van der Waals surface area (Å²) in [5.74, 6) is -1.55. The molecule has 2 rings (SSSR count). The van der Waals surface area contributed by atoms with Crippen LogP contribution in [-0.2, 0) is 0 Å². The van der Waals surface area contributed by atoms with Gasteiger partial charge in [0.15, 0.2) is 11.6 Å². The molecule has 0 amide bonds. The predicted octanol–water partition coefficient (Wildman–Crippen LogP) is 2.80. The molecule has 5 heteroatoms. The van der Waals surface area contributed by atoms with Gasteiger partial charge < -0.3 is 10.4 Å². The highest BCUT2D eigenvalue weighted by molar-refractivity contribution is 5.51. The third-order valence-corrected chi connectivity index (χ3v) is 3.93. The number of benzene rings is 1. The molecule has 19 heavy (non-hydrogen) atoms. The average molecular weight is 266 g/mol. The third-order valence-electron chi connectivity index (χ3n) is 3.93. The summed E-state index contributed by atoms with van der Waals surface area (Å²) in [6, 6.07) is 3.56. The minimum Gasteiger partial charge on any atom is -0.396 e. The van der Waals surface area contributed by atoms with Crippen LogP contribution >= 0.6 is 0 Å². The summed E-state index contributed by atoms with van der Waals surface area (Å²) in [6.07, 6.45) is 2.49. The van der Waals surface area contributed by atoms with E-state index in [1.807, 2.05) is 6.92 Å². The molecule has 0 aliphatic heterocycles. The molecule has 2 unspecified atom stereocenters. The van der Waals surface area contributed by atoms with Crippen LogP contribution in [0.1, 0.15) is 31.7 Å². The molecular formula is C14H16F2N2O. The molecule has 0 saturated heterocycles. The van der Waals surface area contributed by atoms with Crippen molar-refractivity contribution >= 4 is 5.69 Å². The van der Waals surface area contributed by atoms with E-state index in [1.54, 1.807) is 6.07 Å². The number of halogens is 2. The molecule has 1 saturated carbocycles. The number of hydrogen-bond acceptors (Lipinski definition) is 3. The Kier molecular flexibility index (Phi) is 3.72. The molecule has 1 fully saturated rings. The van der Waals surface area contributed by atoms with E-state index >= 15 is 0 Å². The van der Waals surface area contributed by atoms with Crippen molar-refractivity contribution in [3.8, 4) is 6.07 Å². The van der Waals surface area contributed by atoms with Crippen LogP contribution in [-0.4, -0.2) is 17.8 Å². The second kappa shape index (κ2) is 5.14. The van der Waals surface area contributed by atoms with E-state index in [0.29, 0.717) is 0 Å². The second-order valence-electron chi connectivity index (χ2n) is 5.33. The molecule has 0 aromatic heterocycles. The lowest BCUT2D eigenvalue weighted by Crippen LogP contribution is -2.37. The maximum atomic E-state index is 13.8. The molecule has 0 spiro atoms. The summed E-state index contributed by atoms with van der Waals surface area (Å²) >= 11 is 0. The van der Waals surface area contributed by atoms with Gasteiger partial charge in [-0.05, 0) is 25.0 Å². The summed E-state index contributed by atoms with van der Waals surface area (Å²) in [7, 11) is 0. The Morgan fingerprint density at radius 2 is 2.11 bits per heavy atom. The van der Waals surface area contributed by atoms with Crippen LogP contribution in [0.4, 0.5) is 14.5 Å².